The van der Waals surface area contributed by atoms with Crippen LogP contribution in [-0.4, -0.2) is 17.9 Å². The minimum Gasteiger partial charge on any atom is -0.272 e. The second-order valence-corrected chi connectivity index (χ2v) is 2.52. The van der Waals surface area contributed by atoms with Crippen LogP contribution in [0.3, 0.4) is 0 Å². The van der Waals surface area contributed by atoms with Crippen molar-refractivity contribution < 1.29 is 12.6 Å². The predicted octanol–water partition coefficient (Wildman–Crippen LogP) is 1.03. The minimum atomic E-state index is -1.53. The highest BCUT2D eigenvalue weighted by Gasteiger charge is 1.93. The molecule has 0 aliphatic carbocycles. The lowest BCUT2D eigenvalue weighted by atomic mass is 10.4. The van der Waals surface area contributed by atoms with Crippen LogP contribution in [-0.2, 0) is 19.7 Å². The maximum atomic E-state index is 10.4. The lowest BCUT2D eigenvalue weighted by Crippen LogP contribution is -1.99. The summed E-state index contributed by atoms with van der Waals surface area (Å²) in [5.74, 6) is 0. The molecular weight excluding hydrogens is 140 g/mol. The molecule has 0 spiro atoms. The first-order chi connectivity index (χ1) is 4.31. The number of rotatable bonds is 5. The zero-order chi connectivity index (χ0) is 7.11. The van der Waals surface area contributed by atoms with E-state index in [9.17, 15) is 4.21 Å². The summed E-state index contributed by atoms with van der Waals surface area (Å²) in [6.07, 6.45) is 1.97. The summed E-state index contributed by atoms with van der Waals surface area (Å²) in [7, 11) is 1.35. The molecule has 0 N–H and O–H groups in total. The van der Waals surface area contributed by atoms with Crippen molar-refractivity contribution in [3.05, 3.63) is 0 Å². The zero-order valence-electron chi connectivity index (χ0n) is 5.75. The fraction of sp³-hybridized carbons (Fsp3) is 1.00. The van der Waals surface area contributed by atoms with Gasteiger partial charge >= 0.3 is 11.4 Å². The van der Waals surface area contributed by atoms with E-state index in [1.54, 1.807) is 0 Å². The van der Waals surface area contributed by atoms with Gasteiger partial charge in [0.05, 0.1) is 13.7 Å². The number of unbranched alkanes of at least 4 members (excludes halogenated alkanes) is 1. The molecule has 56 valence electrons. The summed E-state index contributed by atoms with van der Waals surface area (Å²) >= 11 is -1.53. The summed E-state index contributed by atoms with van der Waals surface area (Å²) in [5.41, 5.74) is 0. The molecule has 0 aromatic carbocycles. The van der Waals surface area contributed by atoms with Crippen molar-refractivity contribution in [1.82, 2.24) is 0 Å². The van der Waals surface area contributed by atoms with Gasteiger partial charge in [-0.05, 0) is 6.42 Å². The Kier molecular flexibility index (Phi) is 6.24. The third kappa shape index (κ3) is 5.95. The van der Waals surface area contributed by atoms with Gasteiger partial charge in [-0.25, -0.2) is 0 Å². The summed E-state index contributed by atoms with van der Waals surface area (Å²) in [4.78, 5) is 0. The first-order valence-corrected chi connectivity index (χ1v) is 3.90. The summed E-state index contributed by atoms with van der Waals surface area (Å²) in [5, 5.41) is 0. The van der Waals surface area contributed by atoms with Gasteiger partial charge in [-0.15, -0.1) is 0 Å². The Morgan fingerprint density at radius 3 is 2.67 bits per heavy atom. The Morgan fingerprint density at radius 2 is 2.22 bits per heavy atom. The lowest BCUT2D eigenvalue weighted by Gasteiger charge is -1.96. The van der Waals surface area contributed by atoms with E-state index in [-0.39, 0.29) is 0 Å². The molecule has 0 saturated heterocycles. The van der Waals surface area contributed by atoms with Crippen molar-refractivity contribution in [2.45, 2.75) is 19.8 Å². The molecule has 0 bridgehead atoms. The molecule has 4 heteroatoms. The average Bonchev–Trinajstić information content (AvgIpc) is 1.89. The highest BCUT2D eigenvalue weighted by molar-refractivity contribution is 7.75. The highest BCUT2D eigenvalue weighted by atomic mass is 32.2. The number of hydrogen-bond donors (Lipinski definition) is 0. The maximum absolute atomic E-state index is 10.4. The Hall–Kier alpha value is 0.0700. The molecule has 1 unspecified atom stereocenters. The molecule has 0 saturated carbocycles. The summed E-state index contributed by atoms with van der Waals surface area (Å²) in [6, 6.07) is 0. The zero-order valence-corrected chi connectivity index (χ0v) is 6.57. The largest absolute Gasteiger partial charge is 0.304 e. The Balaban J connectivity index is 2.97. The summed E-state index contributed by atoms with van der Waals surface area (Å²) < 4.78 is 19.4. The van der Waals surface area contributed by atoms with E-state index in [0.717, 1.165) is 12.8 Å². The van der Waals surface area contributed by atoms with Gasteiger partial charge in [0, 0.05) is 0 Å². The smallest absolute Gasteiger partial charge is 0.272 e. The Bertz CT molecular complexity index is 84.3. The van der Waals surface area contributed by atoms with Crippen molar-refractivity contribution in [3.63, 3.8) is 0 Å². The van der Waals surface area contributed by atoms with Crippen molar-refractivity contribution in [2.24, 2.45) is 0 Å². The fourth-order valence-electron chi connectivity index (χ4n) is 0.319. The van der Waals surface area contributed by atoms with Crippen molar-refractivity contribution in [1.29, 1.82) is 0 Å². The molecule has 0 fully saturated rings. The van der Waals surface area contributed by atoms with Crippen molar-refractivity contribution >= 4 is 11.4 Å². The quantitative estimate of drug-likeness (QED) is 0.552. The maximum Gasteiger partial charge on any atom is 0.304 e. The first-order valence-electron chi connectivity index (χ1n) is 2.90. The molecule has 0 amide bonds. The molecule has 0 aromatic rings. The van der Waals surface area contributed by atoms with Gasteiger partial charge in [0.15, 0.2) is 0 Å². The topological polar surface area (TPSA) is 35.5 Å². The van der Waals surface area contributed by atoms with Gasteiger partial charge in [0.1, 0.15) is 0 Å². The van der Waals surface area contributed by atoms with Crippen molar-refractivity contribution in [3.8, 4) is 0 Å². The molecule has 0 aliphatic rings. The second kappa shape index (κ2) is 6.19. The van der Waals surface area contributed by atoms with Crippen LogP contribution in [0.2, 0.25) is 0 Å². The van der Waals surface area contributed by atoms with Crippen LogP contribution in [0.15, 0.2) is 0 Å². The third-order valence-corrected chi connectivity index (χ3v) is 1.44. The van der Waals surface area contributed by atoms with Crippen LogP contribution in [0.4, 0.5) is 0 Å². The monoisotopic (exact) mass is 152 g/mol. The van der Waals surface area contributed by atoms with E-state index in [4.69, 9.17) is 0 Å². The standard InChI is InChI=1S/C5H12O3S/c1-3-4-5-8-9(6)7-2/h3-5H2,1-2H3. The first kappa shape index (κ1) is 9.07. The number of hydrogen-bond acceptors (Lipinski definition) is 3. The van der Waals surface area contributed by atoms with Gasteiger partial charge in [-0.3, -0.25) is 8.37 Å². The Morgan fingerprint density at radius 1 is 1.56 bits per heavy atom. The van der Waals surface area contributed by atoms with E-state index in [0.29, 0.717) is 6.61 Å². The van der Waals surface area contributed by atoms with Crippen LogP contribution >= 0.6 is 0 Å². The highest BCUT2D eigenvalue weighted by Crippen LogP contribution is 1.91. The Labute approximate surface area is 58.2 Å². The van der Waals surface area contributed by atoms with Crippen LogP contribution in [0.1, 0.15) is 19.8 Å². The van der Waals surface area contributed by atoms with Gasteiger partial charge in [0.25, 0.3) is 0 Å². The lowest BCUT2D eigenvalue weighted by molar-refractivity contribution is 0.277. The van der Waals surface area contributed by atoms with E-state index in [1.807, 2.05) is 6.92 Å². The summed E-state index contributed by atoms with van der Waals surface area (Å²) in [6.45, 7) is 2.55. The normalized spacial score (nSPS) is 13.6. The van der Waals surface area contributed by atoms with Crippen LogP contribution in [0.25, 0.3) is 0 Å². The fourth-order valence-corrected chi connectivity index (χ4v) is 0.670. The van der Waals surface area contributed by atoms with Crippen LogP contribution in [0.5, 0.6) is 0 Å². The second-order valence-electron chi connectivity index (χ2n) is 1.55. The van der Waals surface area contributed by atoms with E-state index in [1.165, 1.54) is 7.11 Å². The molecule has 3 nitrogen and oxygen atoms in total. The van der Waals surface area contributed by atoms with E-state index < -0.39 is 11.4 Å². The van der Waals surface area contributed by atoms with Crippen LogP contribution in [0, 0.1) is 0 Å². The van der Waals surface area contributed by atoms with Gasteiger partial charge in [-0.1, -0.05) is 13.3 Å². The molecule has 9 heavy (non-hydrogen) atoms. The molecule has 1 atom stereocenters. The molecule has 0 aliphatic heterocycles. The van der Waals surface area contributed by atoms with Crippen molar-refractivity contribution in [2.75, 3.05) is 13.7 Å². The van der Waals surface area contributed by atoms with Crippen LogP contribution < -0.4 is 0 Å². The van der Waals surface area contributed by atoms with Gasteiger partial charge in [0.2, 0.25) is 0 Å². The minimum absolute atomic E-state index is 0.511. The predicted molar refractivity (Wildman–Crippen MR) is 36.0 cm³/mol. The van der Waals surface area contributed by atoms with Gasteiger partial charge in [-0.2, -0.15) is 4.21 Å². The molecule has 0 rings (SSSR count). The molecule has 0 radical (unpaired) electrons. The third-order valence-electron chi connectivity index (χ3n) is 0.814. The average molecular weight is 152 g/mol. The molecule has 0 aromatic heterocycles. The van der Waals surface area contributed by atoms with Gasteiger partial charge < -0.3 is 0 Å². The van der Waals surface area contributed by atoms with E-state index in [2.05, 4.69) is 8.37 Å². The van der Waals surface area contributed by atoms with E-state index >= 15 is 0 Å². The SMILES string of the molecule is CCCCOS(=O)OC. The molecular formula is C5H12O3S. The molecule has 0 heterocycles.